The number of hydrogen-bond acceptors (Lipinski definition) is 2. The van der Waals surface area contributed by atoms with Gasteiger partial charge in [0.05, 0.1) is 0 Å². The second kappa shape index (κ2) is 6.41. The van der Waals surface area contributed by atoms with Gasteiger partial charge in [0.15, 0.2) is 0 Å². The van der Waals surface area contributed by atoms with Crippen molar-refractivity contribution in [3.63, 3.8) is 0 Å². The molecule has 2 atom stereocenters. The number of amides is 1. The first-order valence-electron chi connectivity index (χ1n) is 7.94. The van der Waals surface area contributed by atoms with Crippen LogP contribution in [0.5, 0.6) is 0 Å². The smallest absolute Gasteiger partial charge is 0.254 e. The van der Waals surface area contributed by atoms with Crippen LogP contribution in [-0.4, -0.2) is 36.0 Å². The highest BCUT2D eigenvalue weighted by Gasteiger charge is 2.32. The fraction of sp³-hybridized carbons (Fsp3) is 0.316. The van der Waals surface area contributed by atoms with Gasteiger partial charge in [-0.3, -0.25) is 4.79 Å². The summed E-state index contributed by atoms with van der Waals surface area (Å²) in [4.78, 5) is 16.8. The highest BCUT2D eigenvalue weighted by Crippen LogP contribution is 2.25. The number of nitrogens with zero attached hydrogens (tertiary/aromatic N) is 2. The zero-order valence-electron chi connectivity index (χ0n) is 13.4. The van der Waals surface area contributed by atoms with E-state index < -0.39 is 0 Å². The molecule has 0 spiro atoms. The Kier molecular flexibility index (Phi) is 4.33. The first kappa shape index (κ1) is 15.5. The summed E-state index contributed by atoms with van der Waals surface area (Å²) in [6.07, 6.45) is 0. The Morgan fingerprint density at radius 3 is 2.26 bits per heavy atom. The molecule has 1 fully saturated rings. The van der Waals surface area contributed by atoms with Gasteiger partial charge >= 0.3 is 0 Å². The minimum absolute atomic E-state index is 0.101. The Hall–Kier alpha value is -2.36. The van der Waals surface area contributed by atoms with Crippen molar-refractivity contribution in [3.8, 4) is 0 Å². The summed E-state index contributed by atoms with van der Waals surface area (Å²) in [6.45, 7) is 5.51. The Morgan fingerprint density at radius 1 is 1.00 bits per heavy atom. The molecular weight excluding hydrogens is 291 g/mol. The lowest BCUT2D eigenvalue weighted by atomic mass is 10.0. The molecule has 2 aromatic carbocycles. The van der Waals surface area contributed by atoms with Crippen molar-refractivity contribution in [2.45, 2.75) is 25.9 Å². The summed E-state index contributed by atoms with van der Waals surface area (Å²) in [5.41, 5.74) is 1.59. The van der Waals surface area contributed by atoms with Crippen molar-refractivity contribution in [1.82, 2.24) is 4.90 Å². The number of benzene rings is 2. The predicted molar refractivity (Wildman–Crippen MR) is 90.1 cm³/mol. The maximum absolute atomic E-state index is 13.4. The molecule has 0 bridgehead atoms. The number of piperazine rings is 1. The van der Waals surface area contributed by atoms with Crippen LogP contribution >= 0.6 is 0 Å². The largest absolute Gasteiger partial charge is 0.363 e. The van der Waals surface area contributed by atoms with Crippen molar-refractivity contribution in [2.24, 2.45) is 0 Å². The van der Waals surface area contributed by atoms with E-state index in [2.05, 4.69) is 30.9 Å². The molecule has 1 aliphatic heterocycles. The Labute approximate surface area is 136 Å². The first-order valence-corrected chi connectivity index (χ1v) is 7.94. The molecule has 2 aromatic rings. The predicted octanol–water partition coefficient (Wildman–Crippen LogP) is 3.57. The summed E-state index contributed by atoms with van der Waals surface area (Å²) < 4.78 is 13.4. The quantitative estimate of drug-likeness (QED) is 0.846. The Bertz CT molecular complexity index is 677. The highest BCUT2D eigenvalue weighted by atomic mass is 19.1. The van der Waals surface area contributed by atoms with E-state index in [9.17, 15) is 9.18 Å². The fourth-order valence-electron chi connectivity index (χ4n) is 3.40. The van der Waals surface area contributed by atoms with Gasteiger partial charge in [-0.1, -0.05) is 24.3 Å². The highest BCUT2D eigenvalue weighted by molar-refractivity contribution is 5.94. The van der Waals surface area contributed by atoms with Crippen LogP contribution in [0.15, 0.2) is 54.6 Å². The van der Waals surface area contributed by atoms with E-state index in [-0.39, 0.29) is 23.8 Å². The maximum atomic E-state index is 13.4. The average molecular weight is 312 g/mol. The second-order valence-electron chi connectivity index (χ2n) is 6.16. The van der Waals surface area contributed by atoms with Gasteiger partial charge in [-0.05, 0) is 44.2 Å². The fourth-order valence-corrected chi connectivity index (χ4v) is 3.40. The van der Waals surface area contributed by atoms with E-state index in [0.29, 0.717) is 18.7 Å². The van der Waals surface area contributed by atoms with Gasteiger partial charge in [0.2, 0.25) is 0 Å². The minimum atomic E-state index is -0.375. The lowest BCUT2D eigenvalue weighted by Gasteiger charge is -2.46. The molecule has 1 saturated heterocycles. The standard InChI is InChI=1S/C19H21FN2O/c1-14-12-21(19(23)16-7-6-8-17(20)11-16)13-15(2)22(14)18-9-4-3-5-10-18/h3-11,14-15H,12-13H2,1-2H3. The minimum Gasteiger partial charge on any atom is -0.363 e. The van der Waals surface area contributed by atoms with Crippen molar-refractivity contribution in [3.05, 3.63) is 66.0 Å². The molecule has 120 valence electrons. The molecule has 0 saturated carbocycles. The molecule has 4 heteroatoms. The summed E-state index contributed by atoms with van der Waals surface area (Å²) in [5, 5.41) is 0. The van der Waals surface area contributed by atoms with Gasteiger partial charge in [0, 0.05) is 36.4 Å². The lowest BCUT2D eigenvalue weighted by molar-refractivity contribution is 0.0700. The zero-order valence-corrected chi connectivity index (χ0v) is 13.4. The van der Waals surface area contributed by atoms with E-state index in [1.807, 2.05) is 23.1 Å². The van der Waals surface area contributed by atoms with Gasteiger partial charge in [-0.25, -0.2) is 4.39 Å². The summed E-state index contributed by atoms with van der Waals surface area (Å²) in [6, 6.07) is 16.6. The number of rotatable bonds is 2. The molecule has 23 heavy (non-hydrogen) atoms. The topological polar surface area (TPSA) is 23.6 Å². The van der Waals surface area contributed by atoms with E-state index in [0.717, 1.165) is 0 Å². The third-order valence-corrected chi connectivity index (χ3v) is 4.33. The molecule has 0 aromatic heterocycles. The average Bonchev–Trinajstić information content (AvgIpc) is 2.54. The first-order chi connectivity index (χ1) is 11.1. The van der Waals surface area contributed by atoms with Gasteiger partial charge in [0.25, 0.3) is 5.91 Å². The van der Waals surface area contributed by atoms with Crippen LogP contribution in [0.4, 0.5) is 10.1 Å². The summed E-state index contributed by atoms with van der Waals surface area (Å²) >= 11 is 0. The van der Waals surface area contributed by atoms with Gasteiger partial charge < -0.3 is 9.80 Å². The van der Waals surface area contributed by atoms with Crippen LogP contribution < -0.4 is 4.90 Å². The third-order valence-electron chi connectivity index (χ3n) is 4.33. The van der Waals surface area contributed by atoms with E-state index >= 15 is 0 Å². The van der Waals surface area contributed by atoms with Crippen molar-refractivity contribution < 1.29 is 9.18 Å². The van der Waals surface area contributed by atoms with Gasteiger partial charge in [-0.15, -0.1) is 0 Å². The molecule has 3 nitrogen and oxygen atoms in total. The van der Waals surface area contributed by atoms with Gasteiger partial charge in [0.1, 0.15) is 5.82 Å². The van der Waals surface area contributed by atoms with Crippen molar-refractivity contribution >= 4 is 11.6 Å². The van der Waals surface area contributed by atoms with Crippen LogP contribution in [0.25, 0.3) is 0 Å². The van der Waals surface area contributed by atoms with Crippen LogP contribution in [-0.2, 0) is 0 Å². The third kappa shape index (κ3) is 3.21. The van der Waals surface area contributed by atoms with Crippen LogP contribution in [0.2, 0.25) is 0 Å². The van der Waals surface area contributed by atoms with Crippen LogP contribution in [0, 0.1) is 5.82 Å². The monoisotopic (exact) mass is 312 g/mol. The number of para-hydroxylation sites is 1. The summed E-state index contributed by atoms with van der Waals surface area (Å²) in [5.74, 6) is -0.476. The Balaban J connectivity index is 1.78. The van der Waals surface area contributed by atoms with Gasteiger partial charge in [-0.2, -0.15) is 0 Å². The lowest BCUT2D eigenvalue weighted by Crippen LogP contribution is -2.58. The normalized spacial score (nSPS) is 21.3. The Morgan fingerprint density at radius 2 is 1.65 bits per heavy atom. The van der Waals surface area contributed by atoms with Crippen molar-refractivity contribution in [1.29, 1.82) is 0 Å². The van der Waals surface area contributed by atoms with Crippen molar-refractivity contribution in [2.75, 3.05) is 18.0 Å². The van der Waals surface area contributed by atoms with Crippen LogP contribution in [0.3, 0.4) is 0 Å². The SMILES string of the molecule is CC1CN(C(=O)c2cccc(F)c2)CC(C)N1c1ccccc1. The molecule has 1 amide bonds. The molecule has 0 radical (unpaired) electrons. The summed E-state index contributed by atoms with van der Waals surface area (Å²) in [7, 11) is 0. The number of hydrogen-bond donors (Lipinski definition) is 0. The molecule has 3 rings (SSSR count). The molecule has 1 aliphatic rings. The number of carbonyl (C=O) groups is 1. The molecule has 0 aliphatic carbocycles. The number of halogens is 1. The molecule has 0 N–H and O–H groups in total. The van der Waals surface area contributed by atoms with E-state index in [1.54, 1.807) is 12.1 Å². The van der Waals surface area contributed by atoms with E-state index in [1.165, 1.54) is 17.8 Å². The number of anilines is 1. The van der Waals surface area contributed by atoms with E-state index in [4.69, 9.17) is 0 Å². The maximum Gasteiger partial charge on any atom is 0.254 e. The zero-order chi connectivity index (χ0) is 16.4. The second-order valence-corrected chi connectivity index (χ2v) is 6.16. The molecule has 2 unspecified atom stereocenters. The van der Waals surface area contributed by atoms with Crippen LogP contribution in [0.1, 0.15) is 24.2 Å². The molecular formula is C19H21FN2O. The molecule has 1 heterocycles. The number of carbonyl (C=O) groups excluding carboxylic acids is 1.